The van der Waals surface area contributed by atoms with Crippen molar-refractivity contribution in [3.63, 3.8) is 0 Å². The van der Waals surface area contributed by atoms with Crippen molar-refractivity contribution in [3.05, 3.63) is 35.9 Å². The highest BCUT2D eigenvalue weighted by Crippen LogP contribution is 2.26. The molecule has 3 heteroatoms. The number of likely N-dealkylation sites (tertiary alicyclic amines) is 1. The van der Waals surface area contributed by atoms with Crippen molar-refractivity contribution in [2.45, 2.75) is 24.9 Å². The zero-order valence-electron chi connectivity index (χ0n) is 11.3. The number of benzene rings is 1. The summed E-state index contributed by atoms with van der Waals surface area (Å²) in [4.78, 5) is 4.46. The first kappa shape index (κ1) is 13.1. The van der Waals surface area contributed by atoms with Gasteiger partial charge in [0, 0.05) is 13.1 Å². The second-order valence-electron chi connectivity index (χ2n) is 5.34. The molecule has 0 bridgehead atoms. The zero-order chi connectivity index (χ0) is 13.0. The largest absolute Gasteiger partial charge is 0.296 e. The molecule has 1 aliphatic heterocycles. The molecule has 0 N–H and O–H groups in total. The lowest BCUT2D eigenvalue weighted by molar-refractivity contribution is 0.0809. The normalized spacial score (nSPS) is 25.0. The van der Waals surface area contributed by atoms with Crippen LogP contribution in [0.2, 0.25) is 0 Å². The maximum atomic E-state index is 9.48. The molecular formula is C15H21N3. The summed E-state index contributed by atoms with van der Waals surface area (Å²) < 4.78 is 0. The van der Waals surface area contributed by atoms with Gasteiger partial charge >= 0.3 is 0 Å². The van der Waals surface area contributed by atoms with E-state index in [9.17, 15) is 5.26 Å². The zero-order valence-corrected chi connectivity index (χ0v) is 11.3. The third kappa shape index (κ3) is 2.72. The van der Waals surface area contributed by atoms with E-state index < -0.39 is 0 Å². The number of hydrogen-bond acceptors (Lipinski definition) is 3. The minimum Gasteiger partial charge on any atom is -0.296 e. The minimum atomic E-state index is -0.312. The molecule has 1 aromatic rings. The van der Waals surface area contributed by atoms with Crippen LogP contribution in [0.4, 0.5) is 0 Å². The maximum Gasteiger partial charge on any atom is 0.121 e. The lowest BCUT2D eigenvalue weighted by Crippen LogP contribution is -2.55. The van der Waals surface area contributed by atoms with Crippen LogP contribution in [-0.2, 0) is 6.54 Å². The van der Waals surface area contributed by atoms with Crippen molar-refractivity contribution < 1.29 is 0 Å². The van der Waals surface area contributed by atoms with Gasteiger partial charge in [-0.1, -0.05) is 30.3 Å². The summed E-state index contributed by atoms with van der Waals surface area (Å²) in [6.45, 7) is 2.87. The minimum absolute atomic E-state index is 0.312. The Morgan fingerprint density at radius 2 is 2.06 bits per heavy atom. The predicted octanol–water partition coefficient (Wildman–Crippen LogP) is 2.11. The third-order valence-corrected chi connectivity index (χ3v) is 3.86. The van der Waals surface area contributed by atoms with Crippen LogP contribution < -0.4 is 0 Å². The molecule has 1 atom stereocenters. The van der Waals surface area contributed by atoms with Gasteiger partial charge in [0.1, 0.15) is 5.54 Å². The molecule has 0 spiro atoms. The van der Waals surface area contributed by atoms with Crippen LogP contribution in [-0.4, -0.2) is 42.5 Å². The quantitative estimate of drug-likeness (QED) is 0.814. The number of piperidine rings is 1. The molecule has 1 aromatic carbocycles. The molecule has 1 heterocycles. The molecule has 18 heavy (non-hydrogen) atoms. The van der Waals surface area contributed by atoms with Crippen molar-refractivity contribution in [3.8, 4) is 6.07 Å². The number of nitrogens with zero attached hydrogens (tertiary/aromatic N) is 3. The number of nitriles is 1. The first-order chi connectivity index (χ1) is 8.66. The molecule has 0 amide bonds. The van der Waals surface area contributed by atoms with E-state index in [0.29, 0.717) is 0 Å². The van der Waals surface area contributed by atoms with Crippen LogP contribution >= 0.6 is 0 Å². The smallest absolute Gasteiger partial charge is 0.121 e. The van der Waals surface area contributed by atoms with Gasteiger partial charge in [-0.25, -0.2) is 0 Å². The highest BCUT2D eigenvalue weighted by molar-refractivity contribution is 5.16. The summed E-state index contributed by atoms with van der Waals surface area (Å²) in [5, 5.41) is 9.48. The average Bonchev–Trinajstić information content (AvgIpc) is 2.40. The Kier molecular flexibility index (Phi) is 4.00. The average molecular weight is 243 g/mol. The van der Waals surface area contributed by atoms with E-state index in [1.807, 2.05) is 20.2 Å². The molecular weight excluding hydrogens is 222 g/mol. The lowest BCUT2D eigenvalue weighted by atomic mass is 9.89. The Labute approximate surface area is 110 Å². The molecule has 1 saturated heterocycles. The van der Waals surface area contributed by atoms with E-state index >= 15 is 0 Å². The van der Waals surface area contributed by atoms with E-state index in [1.165, 1.54) is 5.56 Å². The Bertz CT molecular complexity index is 421. The number of likely N-dealkylation sites (N-methyl/N-ethyl adjacent to an activating group) is 1. The summed E-state index contributed by atoms with van der Waals surface area (Å²) in [6.07, 6.45) is 2.07. The van der Waals surface area contributed by atoms with Crippen LogP contribution in [0.15, 0.2) is 30.3 Å². The van der Waals surface area contributed by atoms with E-state index in [1.54, 1.807) is 0 Å². The van der Waals surface area contributed by atoms with Crippen LogP contribution in [0.5, 0.6) is 0 Å². The van der Waals surface area contributed by atoms with Gasteiger partial charge in [0.2, 0.25) is 0 Å². The molecule has 0 radical (unpaired) electrons. The van der Waals surface area contributed by atoms with E-state index in [-0.39, 0.29) is 5.54 Å². The Morgan fingerprint density at radius 3 is 2.67 bits per heavy atom. The molecule has 0 saturated carbocycles. The van der Waals surface area contributed by atoms with Gasteiger partial charge in [0.15, 0.2) is 0 Å². The van der Waals surface area contributed by atoms with Gasteiger partial charge in [-0.2, -0.15) is 5.26 Å². The monoisotopic (exact) mass is 243 g/mol. The molecule has 0 aliphatic carbocycles. The topological polar surface area (TPSA) is 30.3 Å². The highest BCUT2D eigenvalue weighted by Gasteiger charge is 2.37. The van der Waals surface area contributed by atoms with Crippen molar-refractivity contribution >= 4 is 0 Å². The van der Waals surface area contributed by atoms with Crippen molar-refractivity contribution in [1.29, 1.82) is 5.26 Å². The van der Waals surface area contributed by atoms with Crippen molar-refractivity contribution in [1.82, 2.24) is 9.80 Å². The standard InChI is InChI=1S/C15H21N3/c1-17(2)15(12-16)9-6-10-18(13-15)11-14-7-4-3-5-8-14/h3-5,7-8H,6,9-11,13H2,1-2H3. The van der Waals surface area contributed by atoms with Crippen LogP contribution in [0.3, 0.4) is 0 Å². The van der Waals surface area contributed by atoms with Gasteiger partial charge in [0.05, 0.1) is 6.07 Å². The van der Waals surface area contributed by atoms with E-state index in [4.69, 9.17) is 0 Å². The molecule has 0 aromatic heterocycles. The first-order valence-corrected chi connectivity index (χ1v) is 6.51. The second kappa shape index (κ2) is 5.51. The predicted molar refractivity (Wildman–Crippen MR) is 73.0 cm³/mol. The molecule has 1 fully saturated rings. The van der Waals surface area contributed by atoms with Gasteiger partial charge < -0.3 is 0 Å². The molecule has 3 nitrogen and oxygen atoms in total. The van der Waals surface area contributed by atoms with Crippen LogP contribution in [0.1, 0.15) is 18.4 Å². The second-order valence-corrected chi connectivity index (χ2v) is 5.34. The number of rotatable bonds is 3. The fourth-order valence-corrected chi connectivity index (χ4v) is 2.66. The van der Waals surface area contributed by atoms with Gasteiger partial charge in [-0.15, -0.1) is 0 Å². The molecule has 1 unspecified atom stereocenters. The van der Waals surface area contributed by atoms with Gasteiger partial charge in [0.25, 0.3) is 0 Å². The Morgan fingerprint density at radius 1 is 1.33 bits per heavy atom. The summed E-state index contributed by atoms with van der Waals surface area (Å²) in [5.74, 6) is 0. The number of hydrogen-bond donors (Lipinski definition) is 0. The summed E-state index contributed by atoms with van der Waals surface area (Å²) in [5.41, 5.74) is 1.01. The molecule has 1 aliphatic rings. The summed E-state index contributed by atoms with van der Waals surface area (Å²) in [6, 6.07) is 13.0. The van der Waals surface area contributed by atoms with Crippen molar-refractivity contribution in [2.75, 3.05) is 27.2 Å². The van der Waals surface area contributed by atoms with Gasteiger partial charge in [-0.05, 0) is 39.0 Å². The van der Waals surface area contributed by atoms with Crippen molar-refractivity contribution in [2.24, 2.45) is 0 Å². The Hall–Kier alpha value is -1.37. The summed E-state index contributed by atoms with van der Waals surface area (Å²) in [7, 11) is 4.02. The highest BCUT2D eigenvalue weighted by atomic mass is 15.2. The fraction of sp³-hybridized carbons (Fsp3) is 0.533. The third-order valence-electron chi connectivity index (χ3n) is 3.86. The lowest BCUT2D eigenvalue weighted by Gasteiger charge is -2.42. The molecule has 96 valence electrons. The molecule has 2 rings (SSSR count). The van der Waals surface area contributed by atoms with Gasteiger partial charge in [-0.3, -0.25) is 9.80 Å². The van der Waals surface area contributed by atoms with E-state index in [2.05, 4.69) is 40.1 Å². The SMILES string of the molecule is CN(C)C1(C#N)CCCN(Cc2ccccc2)C1. The van der Waals surface area contributed by atoms with Crippen LogP contribution in [0, 0.1) is 11.3 Å². The maximum absolute atomic E-state index is 9.48. The fourth-order valence-electron chi connectivity index (χ4n) is 2.66. The Balaban J connectivity index is 2.06. The van der Waals surface area contributed by atoms with Crippen LogP contribution in [0.25, 0.3) is 0 Å². The van der Waals surface area contributed by atoms with E-state index in [0.717, 1.165) is 32.5 Å². The summed E-state index contributed by atoms with van der Waals surface area (Å²) >= 11 is 0. The first-order valence-electron chi connectivity index (χ1n) is 6.51.